The Labute approximate surface area is 126 Å². The van der Waals surface area contributed by atoms with Crippen LogP contribution >= 0.6 is 27.3 Å². The first-order valence-electron chi connectivity index (χ1n) is 6.27. The van der Waals surface area contributed by atoms with Crippen LogP contribution in [0.4, 0.5) is 0 Å². The molecule has 2 aromatic heterocycles. The maximum Gasteiger partial charge on any atom is 0.169 e. The third kappa shape index (κ3) is 3.68. The molecule has 0 bridgehead atoms. The molecule has 0 amide bonds. The summed E-state index contributed by atoms with van der Waals surface area (Å²) < 4.78 is 6.38. The molecule has 0 spiro atoms. The molecule has 2 heterocycles. The summed E-state index contributed by atoms with van der Waals surface area (Å²) in [6.07, 6.45) is 0.844. The maximum atomic E-state index is 5.61. The van der Waals surface area contributed by atoms with Crippen molar-refractivity contribution >= 4 is 27.3 Å². The largest absolute Gasteiger partial charge is 0.453 e. The summed E-state index contributed by atoms with van der Waals surface area (Å²) in [5.74, 6) is 0.932. The van der Waals surface area contributed by atoms with Crippen LogP contribution in [0.5, 0.6) is 0 Å². The van der Waals surface area contributed by atoms with Crippen molar-refractivity contribution in [3.05, 3.63) is 38.6 Å². The zero-order valence-corrected chi connectivity index (χ0v) is 14.1. The molecule has 0 aliphatic heterocycles. The third-order valence-electron chi connectivity index (χ3n) is 2.98. The molecule has 104 valence electrons. The van der Waals surface area contributed by atoms with Crippen LogP contribution in [0, 0.1) is 0 Å². The van der Waals surface area contributed by atoms with E-state index in [0.29, 0.717) is 0 Å². The van der Waals surface area contributed by atoms with Gasteiger partial charge in [0.2, 0.25) is 0 Å². The third-order valence-corrected chi connectivity index (χ3v) is 4.28. The minimum Gasteiger partial charge on any atom is -0.453 e. The van der Waals surface area contributed by atoms with Crippen molar-refractivity contribution in [2.75, 3.05) is 7.05 Å². The van der Waals surface area contributed by atoms with Gasteiger partial charge in [-0.3, -0.25) is 0 Å². The molecule has 0 saturated heterocycles. The van der Waals surface area contributed by atoms with E-state index >= 15 is 0 Å². The Morgan fingerprint density at radius 3 is 2.63 bits per heavy atom. The van der Waals surface area contributed by atoms with E-state index in [9.17, 15) is 0 Å². The van der Waals surface area contributed by atoms with Crippen LogP contribution in [-0.4, -0.2) is 12.0 Å². The van der Waals surface area contributed by atoms with Crippen LogP contribution in [0.15, 0.2) is 26.6 Å². The van der Waals surface area contributed by atoms with Crippen molar-refractivity contribution in [2.24, 2.45) is 0 Å². The molecule has 5 heteroatoms. The quantitative estimate of drug-likeness (QED) is 0.899. The number of likely N-dealkylation sites (N-methyl/N-ethyl adjacent to an activating group) is 1. The smallest absolute Gasteiger partial charge is 0.169 e. The number of furan rings is 1. The molecular weight excluding hydrogens is 324 g/mol. The van der Waals surface area contributed by atoms with Gasteiger partial charge in [0.15, 0.2) is 4.67 Å². The number of thiazole rings is 1. The molecule has 19 heavy (non-hydrogen) atoms. The molecule has 0 aromatic carbocycles. The monoisotopic (exact) mass is 342 g/mol. The Bertz CT molecular complexity index is 542. The Morgan fingerprint density at radius 2 is 2.16 bits per heavy atom. The average molecular weight is 343 g/mol. The lowest BCUT2D eigenvalue weighted by molar-refractivity contribution is 0.416. The summed E-state index contributed by atoms with van der Waals surface area (Å²) in [6, 6.07) is 4.07. The van der Waals surface area contributed by atoms with Gasteiger partial charge in [0.05, 0.1) is 16.7 Å². The Balaban J connectivity index is 2.13. The second-order valence-electron chi connectivity index (χ2n) is 5.56. The van der Waals surface area contributed by atoms with E-state index in [1.54, 1.807) is 11.3 Å². The van der Waals surface area contributed by atoms with Gasteiger partial charge in [-0.25, -0.2) is 4.98 Å². The highest BCUT2D eigenvalue weighted by molar-refractivity contribution is 9.10. The molecule has 0 saturated carbocycles. The first-order chi connectivity index (χ1) is 8.90. The van der Waals surface area contributed by atoms with Crippen LogP contribution in [0.2, 0.25) is 0 Å². The van der Waals surface area contributed by atoms with Crippen molar-refractivity contribution in [2.45, 2.75) is 38.6 Å². The fraction of sp³-hybridized carbons (Fsp3) is 0.500. The van der Waals surface area contributed by atoms with E-state index in [1.807, 2.05) is 19.2 Å². The highest BCUT2D eigenvalue weighted by Crippen LogP contribution is 2.28. The lowest BCUT2D eigenvalue weighted by atomic mass is 9.93. The summed E-state index contributed by atoms with van der Waals surface area (Å²) in [5, 5.41) is 6.57. The van der Waals surface area contributed by atoms with Crippen LogP contribution in [0.25, 0.3) is 0 Å². The first-order valence-corrected chi connectivity index (χ1v) is 7.95. The Morgan fingerprint density at radius 1 is 1.42 bits per heavy atom. The van der Waals surface area contributed by atoms with Crippen molar-refractivity contribution in [1.82, 2.24) is 10.3 Å². The van der Waals surface area contributed by atoms with Crippen LogP contribution in [0.3, 0.4) is 0 Å². The zero-order valence-electron chi connectivity index (χ0n) is 11.7. The molecular formula is C14H19BrN2OS. The van der Waals surface area contributed by atoms with Gasteiger partial charge in [0.1, 0.15) is 5.76 Å². The fourth-order valence-corrected chi connectivity index (χ4v) is 3.17. The molecule has 1 N–H and O–H groups in total. The lowest BCUT2D eigenvalue weighted by Crippen LogP contribution is -2.18. The topological polar surface area (TPSA) is 38.1 Å². The number of rotatable bonds is 4. The second kappa shape index (κ2) is 5.77. The van der Waals surface area contributed by atoms with E-state index in [-0.39, 0.29) is 11.5 Å². The van der Waals surface area contributed by atoms with Crippen molar-refractivity contribution in [3.8, 4) is 0 Å². The Hall–Kier alpha value is -0.650. The number of halogens is 1. The summed E-state index contributed by atoms with van der Waals surface area (Å²) >= 11 is 5.05. The van der Waals surface area contributed by atoms with Gasteiger partial charge in [0.25, 0.3) is 0 Å². The van der Waals surface area contributed by atoms with E-state index in [4.69, 9.17) is 9.40 Å². The minimum absolute atomic E-state index is 0.109. The van der Waals surface area contributed by atoms with Gasteiger partial charge >= 0.3 is 0 Å². The molecule has 3 nitrogen and oxygen atoms in total. The van der Waals surface area contributed by atoms with Gasteiger partial charge < -0.3 is 9.73 Å². The van der Waals surface area contributed by atoms with E-state index in [1.165, 1.54) is 0 Å². The number of hydrogen-bond donors (Lipinski definition) is 1. The van der Waals surface area contributed by atoms with Gasteiger partial charge in [0, 0.05) is 17.2 Å². The van der Waals surface area contributed by atoms with Crippen molar-refractivity contribution < 1.29 is 4.42 Å². The van der Waals surface area contributed by atoms with Crippen LogP contribution in [0.1, 0.15) is 43.3 Å². The Kier molecular flexibility index (Phi) is 4.48. The van der Waals surface area contributed by atoms with E-state index < -0.39 is 0 Å². The average Bonchev–Trinajstić information content (AvgIpc) is 2.94. The molecule has 1 unspecified atom stereocenters. The highest BCUT2D eigenvalue weighted by Gasteiger charge is 2.20. The number of nitrogens with zero attached hydrogens (tertiary/aromatic N) is 1. The minimum atomic E-state index is 0.109. The molecule has 0 fully saturated rings. The maximum absolute atomic E-state index is 5.61. The summed E-state index contributed by atoms with van der Waals surface area (Å²) in [7, 11) is 1.94. The van der Waals surface area contributed by atoms with Gasteiger partial charge in [-0.15, -0.1) is 11.3 Å². The molecule has 1 atom stereocenters. The molecule has 0 aliphatic carbocycles. The standard InChI is InChI=1S/C14H19BrN2OS/c1-14(2,3)11-8-19-13(17-11)7-9(16-4)10-5-6-12(15)18-10/h5-6,8-9,16H,7H2,1-4H3. The summed E-state index contributed by atoms with van der Waals surface area (Å²) in [4.78, 5) is 4.73. The highest BCUT2D eigenvalue weighted by atomic mass is 79.9. The fourth-order valence-electron chi connectivity index (χ4n) is 1.78. The van der Waals surface area contributed by atoms with Crippen molar-refractivity contribution in [3.63, 3.8) is 0 Å². The summed E-state index contributed by atoms with van der Waals surface area (Å²) in [6.45, 7) is 6.56. The molecule has 2 aromatic rings. The van der Waals surface area contributed by atoms with Gasteiger partial charge in [-0.2, -0.15) is 0 Å². The van der Waals surface area contributed by atoms with Gasteiger partial charge in [-0.1, -0.05) is 20.8 Å². The number of nitrogens with one attached hydrogen (secondary N) is 1. The SMILES string of the molecule is CNC(Cc1nc(C(C)(C)C)cs1)c1ccc(Br)o1. The van der Waals surface area contributed by atoms with Crippen LogP contribution < -0.4 is 5.32 Å². The summed E-state index contributed by atoms with van der Waals surface area (Å²) in [5.41, 5.74) is 1.26. The second-order valence-corrected chi connectivity index (χ2v) is 7.29. The predicted molar refractivity (Wildman–Crippen MR) is 82.7 cm³/mol. The lowest BCUT2D eigenvalue weighted by Gasteiger charge is -2.15. The molecule has 2 rings (SSSR count). The number of aromatic nitrogens is 1. The molecule has 0 aliphatic rings. The predicted octanol–water partition coefficient (Wildman–Crippen LogP) is 4.30. The van der Waals surface area contributed by atoms with Gasteiger partial charge in [-0.05, 0) is 35.1 Å². The number of hydrogen-bond acceptors (Lipinski definition) is 4. The van der Waals surface area contributed by atoms with E-state index in [2.05, 4.69) is 47.4 Å². The van der Waals surface area contributed by atoms with Crippen molar-refractivity contribution in [1.29, 1.82) is 0 Å². The molecule has 0 radical (unpaired) electrons. The van der Waals surface area contributed by atoms with E-state index in [0.717, 1.165) is 27.6 Å². The zero-order chi connectivity index (χ0) is 14.0. The first kappa shape index (κ1) is 14.8. The van der Waals surface area contributed by atoms with Crippen LogP contribution in [-0.2, 0) is 11.8 Å². The normalized spacial score (nSPS) is 13.7.